The van der Waals surface area contributed by atoms with Gasteiger partial charge in [-0.15, -0.1) is 0 Å². The molecule has 0 aromatic heterocycles. The molecule has 1 aliphatic heterocycles. The molecule has 0 spiro atoms. The molecule has 0 saturated carbocycles. The van der Waals surface area contributed by atoms with Crippen molar-refractivity contribution < 1.29 is 4.79 Å². The molecule has 0 bridgehead atoms. The quantitative estimate of drug-likeness (QED) is 0.468. The number of rotatable bonds is 5. The van der Waals surface area contributed by atoms with Gasteiger partial charge >= 0.3 is 0 Å². The largest absolute Gasteiger partial charge is 0.358 e. The highest BCUT2D eigenvalue weighted by molar-refractivity contribution is 6.12. The number of likely N-dealkylation sites (tertiary alicyclic amines) is 1. The van der Waals surface area contributed by atoms with Crippen LogP contribution in [0.4, 0.5) is 0 Å². The molecule has 2 radical (unpaired) electrons. The zero-order valence-electron chi connectivity index (χ0n) is 9.62. The lowest BCUT2D eigenvalue weighted by molar-refractivity contribution is -0.124. The number of carbonyl (C=O) groups is 1. The van der Waals surface area contributed by atoms with Crippen molar-refractivity contribution in [3.63, 3.8) is 0 Å². The second-order valence-electron chi connectivity index (χ2n) is 4.08. The average Bonchev–Trinajstić information content (AvgIpc) is 2.59. The number of hydrogen-bond donors (Lipinski definition) is 2. The molecule has 1 rings (SSSR count). The lowest BCUT2D eigenvalue weighted by Crippen LogP contribution is -2.42. The number of hydrogen-bond acceptors (Lipinski definition) is 3. The van der Waals surface area contributed by atoms with E-state index in [0.717, 1.165) is 32.5 Å². The van der Waals surface area contributed by atoms with Crippen molar-refractivity contribution in [1.82, 2.24) is 15.5 Å². The highest BCUT2D eigenvalue weighted by Crippen LogP contribution is 2.25. The fourth-order valence-electron chi connectivity index (χ4n) is 2.08. The normalized spacial score (nSPS) is 26.8. The second kappa shape index (κ2) is 6.13. The van der Waals surface area contributed by atoms with Crippen LogP contribution in [0.3, 0.4) is 0 Å². The molecule has 2 N–H and O–H groups in total. The van der Waals surface area contributed by atoms with Gasteiger partial charge in [-0.1, -0.05) is 5.82 Å². The van der Waals surface area contributed by atoms with Gasteiger partial charge in [0, 0.05) is 13.6 Å². The van der Waals surface area contributed by atoms with Crippen LogP contribution in [0.5, 0.6) is 0 Å². The zero-order chi connectivity index (χ0) is 11.3. The van der Waals surface area contributed by atoms with Gasteiger partial charge in [0.2, 0.25) is 5.91 Å². The van der Waals surface area contributed by atoms with Gasteiger partial charge in [-0.2, -0.15) is 0 Å². The van der Waals surface area contributed by atoms with Crippen molar-refractivity contribution in [2.45, 2.75) is 24.7 Å². The summed E-state index contributed by atoms with van der Waals surface area (Å²) in [6.07, 6.45) is 1.83. The zero-order valence-corrected chi connectivity index (χ0v) is 9.62. The highest BCUT2D eigenvalue weighted by atomic mass is 16.2. The van der Waals surface area contributed by atoms with Crippen LogP contribution in [0.2, 0.25) is 5.82 Å². The molecule has 5 heteroatoms. The molecule has 0 aromatic rings. The summed E-state index contributed by atoms with van der Waals surface area (Å²) in [4.78, 5) is 13.8. The van der Waals surface area contributed by atoms with Gasteiger partial charge in [0.15, 0.2) is 0 Å². The number of amides is 1. The molecular weight excluding hydrogens is 189 g/mol. The summed E-state index contributed by atoms with van der Waals surface area (Å²) in [5.74, 6) is 0.231. The number of nitrogens with zero attached hydrogens (tertiary/aromatic N) is 1. The van der Waals surface area contributed by atoms with E-state index in [2.05, 4.69) is 15.5 Å². The maximum atomic E-state index is 11.6. The predicted octanol–water partition coefficient (Wildman–Crippen LogP) is -0.627. The summed E-state index contributed by atoms with van der Waals surface area (Å²) in [5.41, 5.74) is 0. The van der Waals surface area contributed by atoms with E-state index >= 15 is 0 Å². The summed E-state index contributed by atoms with van der Waals surface area (Å²) < 4.78 is 0. The summed E-state index contributed by atoms with van der Waals surface area (Å²) in [5, 5.41) is 5.80. The highest BCUT2D eigenvalue weighted by Gasteiger charge is 2.33. The van der Waals surface area contributed by atoms with Gasteiger partial charge in [-0.25, -0.2) is 0 Å². The van der Waals surface area contributed by atoms with Crippen LogP contribution in [0.25, 0.3) is 0 Å². The molecule has 4 nitrogen and oxygen atoms in total. The number of likely N-dealkylation sites (N-methyl/N-ethyl adjacent to an activating group) is 1. The van der Waals surface area contributed by atoms with Gasteiger partial charge in [-0.3, -0.25) is 9.69 Å². The molecule has 1 amide bonds. The average molecular weight is 209 g/mol. The van der Waals surface area contributed by atoms with Crippen LogP contribution in [0.15, 0.2) is 0 Å². The first-order valence-corrected chi connectivity index (χ1v) is 5.55. The lowest BCUT2D eigenvalue weighted by atomic mass is 9.85. The predicted molar refractivity (Wildman–Crippen MR) is 62.1 cm³/mol. The minimum absolute atomic E-state index is 0.0261. The fourth-order valence-corrected chi connectivity index (χ4v) is 2.08. The van der Waals surface area contributed by atoms with Gasteiger partial charge in [0.05, 0.1) is 13.9 Å². The molecule has 1 saturated heterocycles. The molecule has 0 unspecified atom stereocenters. The van der Waals surface area contributed by atoms with E-state index in [1.54, 1.807) is 7.05 Å². The van der Waals surface area contributed by atoms with Gasteiger partial charge < -0.3 is 10.6 Å². The molecule has 1 heterocycles. The van der Waals surface area contributed by atoms with Crippen molar-refractivity contribution in [2.75, 3.05) is 33.7 Å². The third-order valence-electron chi connectivity index (χ3n) is 2.86. The van der Waals surface area contributed by atoms with Crippen LogP contribution >= 0.6 is 0 Å². The van der Waals surface area contributed by atoms with E-state index in [-0.39, 0.29) is 17.8 Å². The first-order chi connectivity index (χ1) is 7.19. The Hall–Kier alpha value is -0.545. The van der Waals surface area contributed by atoms with Crippen molar-refractivity contribution in [3.05, 3.63) is 0 Å². The molecule has 1 fully saturated rings. The fraction of sp³-hybridized carbons (Fsp3) is 0.900. The van der Waals surface area contributed by atoms with Crippen molar-refractivity contribution >= 4 is 13.8 Å². The minimum Gasteiger partial charge on any atom is -0.358 e. The van der Waals surface area contributed by atoms with Crippen LogP contribution in [0, 0.1) is 0 Å². The van der Waals surface area contributed by atoms with Crippen LogP contribution < -0.4 is 10.6 Å². The van der Waals surface area contributed by atoms with E-state index in [4.69, 9.17) is 7.85 Å². The Kier molecular flexibility index (Phi) is 5.12. The Morgan fingerprint density at radius 1 is 1.53 bits per heavy atom. The van der Waals surface area contributed by atoms with Crippen molar-refractivity contribution in [1.29, 1.82) is 0 Å². The molecular formula is C10H20BN3O. The molecule has 84 valence electrons. The molecule has 0 aromatic carbocycles. The topological polar surface area (TPSA) is 44.4 Å². The van der Waals surface area contributed by atoms with Crippen LogP contribution in [-0.2, 0) is 4.79 Å². The molecule has 0 aliphatic carbocycles. The summed E-state index contributed by atoms with van der Waals surface area (Å²) in [6, 6.07) is -0.0261. The maximum Gasteiger partial charge on any atom is 0.237 e. The van der Waals surface area contributed by atoms with Gasteiger partial charge in [0.25, 0.3) is 0 Å². The summed E-state index contributed by atoms with van der Waals surface area (Å²) in [7, 11) is 9.49. The third-order valence-corrected chi connectivity index (χ3v) is 2.86. The van der Waals surface area contributed by atoms with E-state index < -0.39 is 0 Å². The van der Waals surface area contributed by atoms with Crippen LogP contribution in [-0.4, -0.2) is 58.4 Å². The first kappa shape index (κ1) is 12.5. The van der Waals surface area contributed by atoms with Crippen LogP contribution in [0.1, 0.15) is 12.8 Å². The number of nitrogens with one attached hydrogen (secondary N) is 2. The second-order valence-corrected chi connectivity index (χ2v) is 4.08. The first-order valence-electron chi connectivity index (χ1n) is 5.55. The lowest BCUT2D eigenvalue weighted by Gasteiger charge is -2.22. The Labute approximate surface area is 93.2 Å². The van der Waals surface area contributed by atoms with Gasteiger partial charge in [-0.05, 0) is 33.0 Å². The summed E-state index contributed by atoms with van der Waals surface area (Å²) in [6.45, 7) is 2.75. The Morgan fingerprint density at radius 2 is 2.27 bits per heavy atom. The Bertz CT molecular complexity index is 213. The maximum absolute atomic E-state index is 11.6. The van der Waals surface area contributed by atoms with Crippen molar-refractivity contribution in [3.8, 4) is 0 Å². The monoisotopic (exact) mass is 209 g/mol. The van der Waals surface area contributed by atoms with E-state index in [0.29, 0.717) is 0 Å². The minimum atomic E-state index is -0.0261. The molecule has 1 aliphatic rings. The molecule has 2 atom stereocenters. The smallest absolute Gasteiger partial charge is 0.237 e. The number of carbonyl (C=O) groups excluding carboxylic acids is 1. The van der Waals surface area contributed by atoms with E-state index in [1.165, 1.54) is 0 Å². The molecule has 15 heavy (non-hydrogen) atoms. The van der Waals surface area contributed by atoms with E-state index in [9.17, 15) is 4.79 Å². The Balaban J connectivity index is 2.42. The summed E-state index contributed by atoms with van der Waals surface area (Å²) >= 11 is 0. The standard InChI is InChI=1S/C10H20BN3O/c1-12-4-3-5-14-7-8(11)6-9(14)10(15)13-2/h8-9,12H,3-7H2,1-2H3,(H,13,15)/t8-,9-/m0/s1. The SMILES string of the molecule is [B][C@H]1C[C@@H](C(=O)NC)N(CCCNC)C1. The van der Waals surface area contributed by atoms with Gasteiger partial charge in [0.1, 0.15) is 0 Å². The third kappa shape index (κ3) is 3.50. The Morgan fingerprint density at radius 3 is 2.87 bits per heavy atom. The van der Waals surface area contributed by atoms with E-state index in [1.807, 2.05) is 7.05 Å². The van der Waals surface area contributed by atoms with Crippen molar-refractivity contribution in [2.24, 2.45) is 0 Å².